The van der Waals surface area contributed by atoms with Crippen LogP contribution in [-0.2, 0) is 16.1 Å². The number of allylic oxidation sites excluding steroid dienone is 1. The van der Waals surface area contributed by atoms with Crippen LogP contribution in [0.25, 0.3) is 16.8 Å². The zero-order chi connectivity index (χ0) is 34.8. The van der Waals surface area contributed by atoms with E-state index in [4.69, 9.17) is 14.2 Å². The normalized spacial score (nSPS) is 14.5. The number of nitro groups is 1. The summed E-state index contributed by atoms with van der Waals surface area (Å²) in [6.45, 7) is 7.77. The molecule has 12 heteroatoms. The number of thiazole rings is 1. The summed E-state index contributed by atoms with van der Waals surface area (Å²) in [4.78, 5) is 43.7. The first-order valence-electron chi connectivity index (χ1n) is 15.6. The van der Waals surface area contributed by atoms with Gasteiger partial charge < -0.3 is 14.2 Å². The fraction of sp³-hybridized carbons (Fsp3) is 0.216. The minimum Gasteiger partial charge on any atom is -0.490 e. The standard InChI is InChI=1S/C37H32IN3O7S/c1-5-46-30-17-24(16-29(38)34(30)47-20-23-13-14-25-9-6-7-10-26(25)15-23)18-31-35(42)40-33(27-11-8-12-28(19-27)41(44)45)32(36(43)48-21(2)3)22(4)39-37(40)49-31/h6-19,21,33H,5,20H2,1-4H3/b31-18+/t33-/m1/s1. The summed E-state index contributed by atoms with van der Waals surface area (Å²) in [6.07, 6.45) is 1.32. The monoisotopic (exact) mass is 789 g/mol. The van der Waals surface area contributed by atoms with Gasteiger partial charge in [0.1, 0.15) is 6.61 Å². The molecule has 250 valence electrons. The van der Waals surface area contributed by atoms with Crippen molar-refractivity contribution in [3.63, 3.8) is 0 Å². The number of aromatic nitrogens is 1. The van der Waals surface area contributed by atoms with Crippen LogP contribution in [0.2, 0.25) is 0 Å². The summed E-state index contributed by atoms with van der Waals surface area (Å²) in [6, 6.07) is 23.1. The van der Waals surface area contributed by atoms with Gasteiger partial charge in [0.05, 0.1) is 43.0 Å². The van der Waals surface area contributed by atoms with Crippen molar-refractivity contribution in [3.8, 4) is 11.5 Å². The van der Waals surface area contributed by atoms with Crippen LogP contribution in [0, 0.1) is 13.7 Å². The lowest BCUT2D eigenvalue weighted by Gasteiger charge is -2.25. The number of non-ortho nitro benzene ring substituents is 1. The van der Waals surface area contributed by atoms with E-state index in [1.807, 2.05) is 37.3 Å². The molecule has 0 spiro atoms. The number of nitro benzene ring substituents is 1. The van der Waals surface area contributed by atoms with E-state index in [2.05, 4.69) is 51.8 Å². The lowest BCUT2D eigenvalue weighted by Crippen LogP contribution is -2.40. The highest BCUT2D eigenvalue weighted by Gasteiger charge is 2.34. The summed E-state index contributed by atoms with van der Waals surface area (Å²) in [5.41, 5.74) is 2.09. The van der Waals surface area contributed by atoms with Crippen LogP contribution in [0.15, 0.2) is 99.9 Å². The molecule has 0 aliphatic carbocycles. The third kappa shape index (κ3) is 7.15. The quantitative estimate of drug-likeness (QED) is 0.0658. The molecule has 0 fully saturated rings. The fourth-order valence-electron chi connectivity index (χ4n) is 5.69. The first kappa shape index (κ1) is 34.1. The Morgan fingerprint density at radius 2 is 1.84 bits per heavy atom. The molecule has 1 aliphatic rings. The van der Waals surface area contributed by atoms with Crippen molar-refractivity contribution < 1.29 is 23.9 Å². The van der Waals surface area contributed by atoms with Crippen LogP contribution in [-0.4, -0.2) is 28.2 Å². The van der Waals surface area contributed by atoms with Gasteiger partial charge in [-0.1, -0.05) is 59.9 Å². The highest BCUT2D eigenvalue weighted by atomic mass is 127. The number of hydrogen-bond acceptors (Lipinski definition) is 9. The average molecular weight is 790 g/mol. The predicted molar refractivity (Wildman–Crippen MR) is 197 cm³/mol. The van der Waals surface area contributed by atoms with Crippen molar-refractivity contribution in [2.75, 3.05) is 6.61 Å². The Morgan fingerprint density at radius 1 is 1.06 bits per heavy atom. The Balaban J connectivity index is 1.40. The molecule has 6 rings (SSSR count). The molecule has 4 aromatic carbocycles. The number of carbonyl (C=O) groups excluding carboxylic acids is 1. The van der Waals surface area contributed by atoms with Gasteiger partial charge in [0.15, 0.2) is 16.3 Å². The van der Waals surface area contributed by atoms with E-state index in [-0.39, 0.29) is 11.3 Å². The predicted octanol–water partition coefficient (Wildman–Crippen LogP) is 6.83. The highest BCUT2D eigenvalue weighted by molar-refractivity contribution is 14.1. The second kappa shape index (κ2) is 14.3. The maximum atomic E-state index is 14.1. The maximum absolute atomic E-state index is 14.1. The SMILES string of the molecule is CCOc1cc(/C=c2/sc3n(c2=O)[C@H](c2cccc([N+](=O)[O-])c2)C(C(=O)OC(C)C)=C(C)N=3)cc(I)c1OCc1ccc2ccccc2c1. The summed E-state index contributed by atoms with van der Waals surface area (Å²) < 4.78 is 20.4. The van der Waals surface area contributed by atoms with Crippen molar-refractivity contribution in [2.24, 2.45) is 4.99 Å². The van der Waals surface area contributed by atoms with Crippen molar-refractivity contribution >= 4 is 62.4 Å². The van der Waals surface area contributed by atoms with Crippen LogP contribution < -0.4 is 24.4 Å². The Labute approximate surface area is 299 Å². The molecule has 0 radical (unpaired) electrons. The van der Waals surface area contributed by atoms with Gasteiger partial charge >= 0.3 is 5.97 Å². The number of benzene rings is 4. The summed E-state index contributed by atoms with van der Waals surface area (Å²) in [7, 11) is 0. The number of fused-ring (bicyclic) bond motifs is 2. The first-order chi connectivity index (χ1) is 23.5. The van der Waals surface area contributed by atoms with Crippen LogP contribution in [0.5, 0.6) is 11.5 Å². The second-order valence-electron chi connectivity index (χ2n) is 11.6. The van der Waals surface area contributed by atoms with Gasteiger partial charge in [0, 0.05) is 12.1 Å². The zero-order valence-electron chi connectivity index (χ0n) is 27.1. The van der Waals surface area contributed by atoms with Crippen molar-refractivity contribution in [1.29, 1.82) is 0 Å². The summed E-state index contributed by atoms with van der Waals surface area (Å²) >= 11 is 3.37. The lowest BCUT2D eigenvalue weighted by atomic mass is 9.95. The van der Waals surface area contributed by atoms with Gasteiger partial charge in [-0.3, -0.25) is 19.5 Å². The maximum Gasteiger partial charge on any atom is 0.338 e. The number of esters is 1. The highest BCUT2D eigenvalue weighted by Crippen LogP contribution is 2.36. The first-order valence-corrected chi connectivity index (χ1v) is 17.5. The van der Waals surface area contributed by atoms with Crippen molar-refractivity contribution in [3.05, 3.63) is 140 Å². The number of nitrogens with zero attached hydrogens (tertiary/aromatic N) is 3. The molecule has 0 saturated carbocycles. The van der Waals surface area contributed by atoms with E-state index < -0.39 is 28.6 Å². The molecule has 5 aromatic rings. The molecular formula is C37H32IN3O7S. The molecule has 1 aromatic heterocycles. The molecule has 0 bridgehead atoms. The van der Waals surface area contributed by atoms with E-state index in [0.717, 1.165) is 19.9 Å². The third-order valence-corrected chi connectivity index (χ3v) is 9.59. The molecule has 2 heterocycles. The van der Waals surface area contributed by atoms with E-state index in [1.165, 1.54) is 34.1 Å². The lowest BCUT2D eigenvalue weighted by molar-refractivity contribution is -0.384. The number of carbonyl (C=O) groups is 1. The molecule has 0 N–H and O–H groups in total. The summed E-state index contributed by atoms with van der Waals surface area (Å²) in [5.74, 6) is 0.499. The molecule has 0 unspecified atom stereocenters. The Bertz CT molecular complexity index is 2330. The number of ether oxygens (including phenoxy) is 3. The molecular weight excluding hydrogens is 757 g/mol. The molecule has 1 atom stereocenters. The van der Waals surface area contributed by atoms with Gasteiger partial charge in [-0.25, -0.2) is 9.79 Å². The molecule has 0 saturated heterocycles. The van der Waals surface area contributed by atoms with Crippen molar-refractivity contribution in [1.82, 2.24) is 4.57 Å². The van der Waals surface area contributed by atoms with Gasteiger partial charge in [-0.05, 0) is 102 Å². The topological polar surface area (TPSA) is 122 Å². The summed E-state index contributed by atoms with van der Waals surface area (Å²) in [5, 5.41) is 13.9. The molecule has 1 aliphatic heterocycles. The van der Waals surface area contributed by atoms with Gasteiger partial charge in [-0.15, -0.1) is 0 Å². The molecule has 49 heavy (non-hydrogen) atoms. The Hall–Kier alpha value is -4.82. The van der Waals surface area contributed by atoms with Crippen LogP contribution in [0.3, 0.4) is 0 Å². The largest absolute Gasteiger partial charge is 0.490 e. The van der Waals surface area contributed by atoms with E-state index in [1.54, 1.807) is 32.9 Å². The smallest absolute Gasteiger partial charge is 0.338 e. The minimum absolute atomic E-state index is 0.147. The number of rotatable bonds is 10. The van der Waals surface area contributed by atoms with Crippen LogP contribution in [0.1, 0.15) is 50.4 Å². The van der Waals surface area contributed by atoms with Gasteiger partial charge in [-0.2, -0.15) is 0 Å². The number of hydrogen-bond donors (Lipinski definition) is 0. The van der Waals surface area contributed by atoms with Crippen LogP contribution in [0.4, 0.5) is 5.69 Å². The fourth-order valence-corrected chi connectivity index (χ4v) is 7.52. The van der Waals surface area contributed by atoms with E-state index in [0.29, 0.717) is 50.9 Å². The Kier molecular flexibility index (Phi) is 9.97. The second-order valence-corrected chi connectivity index (χ2v) is 13.8. The average Bonchev–Trinajstić information content (AvgIpc) is 3.36. The molecule has 10 nitrogen and oxygen atoms in total. The van der Waals surface area contributed by atoms with Gasteiger partial charge in [0.2, 0.25) is 0 Å². The minimum atomic E-state index is -0.977. The third-order valence-electron chi connectivity index (χ3n) is 7.81. The Morgan fingerprint density at radius 3 is 2.57 bits per heavy atom. The van der Waals surface area contributed by atoms with E-state index >= 15 is 0 Å². The van der Waals surface area contributed by atoms with Gasteiger partial charge in [0.25, 0.3) is 11.2 Å². The number of halogens is 1. The van der Waals surface area contributed by atoms with Crippen molar-refractivity contribution in [2.45, 2.75) is 46.4 Å². The molecule has 0 amide bonds. The van der Waals surface area contributed by atoms with Crippen LogP contribution >= 0.6 is 33.9 Å². The van der Waals surface area contributed by atoms with E-state index in [9.17, 15) is 19.7 Å². The zero-order valence-corrected chi connectivity index (χ0v) is 30.1.